The van der Waals surface area contributed by atoms with Crippen molar-refractivity contribution in [3.05, 3.63) is 65.7 Å². The predicted molar refractivity (Wildman–Crippen MR) is 111 cm³/mol. The molecule has 0 saturated carbocycles. The second-order valence-electron chi connectivity index (χ2n) is 6.91. The lowest BCUT2D eigenvalue weighted by atomic mass is 9.98. The number of hydrogen-bond acceptors (Lipinski definition) is 5. The molecule has 1 heterocycles. The maximum atomic E-state index is 12.8. The Balaban J connectivity index is 1.78. The summed E-state index contributed by atoms with van der Waals surface area (Å²) in [6.07, 6.45) is 2.57. The maximum absolute atomic E-state index is 12.8. The van der Waals surface area contributed by atoms with Gasteiger partial charge in [0.05, 0.1) is 18.9 Å². The first kappa shape index (κ1) is 20.6. The second kappa shape index (κ2) is 9.87. The van der Waals surface area contributed by atoms with Crippen LogP contribution in [0.25, 0.3) is 0 Å². The fourth-order valence-electron chi connectivity index (χ4n) is 3.23. The molecule has 0 N–H and O–H groups in total. The van der Waals surface area contributed by atoms with Crippen LogP contribution < -0.4 is 4.74 Å². The van der Waals surface area contributed by atoms with Crippen molar-refractivity contribution in [3.63, 3.8) is 0 Å². The Kier molecular flexibility index (Phi) is 7.00. The molecule has 0 unspecified atom stereocenters. The van der Waals surface area contributed by atoms with Crippen molar-refractivity contribution >= 4 is 17.6 Å². The highest BCUT2D eigenvalue weighted by Gasteiger charge is 2.33. The Morgan fingerprint density at radius 1 is 1.10 bits per heavy atom. The van der Waals surface area contributed by atoms with Crippen molar-refractivity contribution in [1.29, 1.82) is 0 Å². The molecule has 6 nitrogen and oxygen atoms in total. The quantitative estimate of drug-likeness (QED) is 0.632. The molecule has 0 bridgehead atoms. The number of amides is 1. The number of carbonyl (C=O) groups is 2. The highest BCUT2D eigenvalue weighted by atomic mass is 16.5. The average molecular weight is 394 g/mol. The van der Waals surface area contributed by atoms with Crippen molar-refractivity contribution < 1.29 is 19.1 Å². The van der Waals surface area contributed by atoms with Crippen LogP contribution in [0, 0.1) is 0 Å². The minimum absolute atomic E-state index is 0.252. The van der Waals surface area contributed by atoms with Crippen LogP contribution in [0.1, 0.15) is 49.8 Å². The highest BCUT2D eigenvalue weighted by molar-refractivity contribution is 6.03. The first-order valence-corrected chi connectivity index (χ1v) is 9.87. The third-order valence-electron chi connectivity index (χ3n) is 4.86. The molecule has 1 atom stereocenters. The average Bonchev–Trinajstić information content (AvgIpc) is 3.22. The van der Waals surface area contributed by atoms with E-state index < -0.39 is 0 Å². The number of hydrogen-bond donors (Lipinski definition) is 0. The molecule has 29 heavy (non-hydrogen) atoms. The van der Waals surface area contributed by atoms with E-state index in [0.717, 1.165) is 35.4 Å². The van der Waals surface area contributed by atoms with Gasteiger partial charge in [-0.05, 0) is 29.7 Å². The van der Waals surface area contributed by atoms with Crippen LogP contribution in [0.15, 0.2) is 59.7 Å². The molecule has 3 rings (SSSR count). The van der Waals surface area contributed by atoms with Gasteiger partial charge in [-0.15, -0.1) is 0 Å². The molecule has 152 valence electrons. The van der Waals surface area contributed by atoms with E-state index in [9.17, 15) is 9.59 Å². The SMILES string of the molecule is CCCCC(=O)OCC(=O)N1N=C(c2ccccc2)C[C@@H]1c1ccc(OC)cc1. The molecule has 1 amide bonds. The lowest BCUT2D eigenvalue weighted by molar-refractivity contribution is -0.152. The van der Waals surface area contributed by atoms with Gasteiger partial charge in [0.25, 0.3) is 5.91 Å². The Bertz CT molecular complexity index is 862. The monoisotopic (exact) mass is 394 g/mol. The van der Waals surface area contributed by atoms with E-state index in [4.69, 9.17) is 9.47 Å². The predicted octanol–water partition coefficient (Wildman–Crippen LogP) is 4.11. The summed E-state index contributed by atoms with van der Waals surface area (Å²) >= 11 is 0. The summed E-state index contributed by atoms with van der Waals surface area (Å²) in [5, 5.41) is 6.02. The number of nitrogens with zero attached hydrogens (tertiary/aromatic N) is 2. The largest absolute Gasteiger partial charge is 0.497 e. The molecule has 1 aliphatic rings. The molecule has 0 aromatic heterocycles. The molecule has 2 aromatic rings. The zero-order chi connectivity index (χ0) is 20.6. The summed E-state index contributed by atoms with van der Waals surface area (Å²) in [4.78, 5) is 24.6. The van der Waals surface area contributed by atoms with Crippen LogP contribution in [0.5, 0.6) is 5.75 Å². The van der Waals surface area contributed by atoms with Crippen LogP contribution in [0.3, 0.4) is 0 Å². The summed E-state index contributed by atoms with van der Waals surface area (Å²) in [5.41, 5.74) is 2.75. The zero-order valence-electron chi connectivity index (χ0n) is 16.8. The number of carbonyl (C=O) groups excluding carboxylic acids is 2. The third-order valence-corrected chi connectivity index (χ3v) is 4.86. The summed E-state index contributed by atoms with van der Waals surface area (Å²) < 4.78 is 10.4. The fraction of sp³-hybridized carbons (Fsp3) is 0.348. The zero-order valence-corrected chi connectivity index (χ0v) is 16.8. The van der Waals surface area contributed by atoms with Gasteiger partial charge in [-0.1, -0.05) is 55.8 Å². The summed E-state index contributed by atoms with van der Waals surface area (Å²) in [6.45, 7) is 1.70. The van der Waals surface area contributed by atoms with Gasteiger partial charge in [0.15, 0.2) is 6.61 Å². The first-order chi connectivity index (χ1) is 14.1. The molecule has 1 aliphatic heterocycles. The number of methoxy groups -OCH3 is 1. The summed E-state index contributed by atoms with van der Waals surface area (Å²) in [6, 6.07) is 17.1. The standard InChI is InChI=1S/C23H26N2O4/c1-3-4-10-23(27)29-16-22(26)25-21(18-11-13-19(28-2)14-12-18)15-20(24-25)17-8-6-5-7-9-17/h5-9,11-14,21H,3-4,10,15-16H2,1-2H3/t21-/m1/s1. The first-order valence-electron chi connectivity index (χ1n) is 9.87. The molecule has 6 heteroatoms. The molecule has 0 radical (unpaired) electrons. The fourth-order valence-corrected chi connectivity index (χ4v) is 3.23. The van der Waals surface area contributed by atoms with Crippen molar-refractivity contribution in [3.8, 4) is 5.75 Å². The number of rotatable bonds is 8. The van der Waals surface area contributed by atoms with Crippen molar-refractivity contribution in [2.24, 2.45) is 5.10 Å². The number of hydrazone groups is 1. The van der Waals surface area contributed by atoms with E-state index in [0.29, 0.717) is 12.8 Å². The number of ether oxygens (including phenoxy) is 2. The van der Waals surface area contributed by atoms with E-state index >= 15 is 0 Å². The Hall–Kier alpha value is -3.15. The lowest BCUT2D eigenvalue weighted by Crippen LogP contribution is -2.31. The van der Waals surface area contributed by atoms with Gasteiger partial charge in [0.2, 0.25) is 0 Å². The van der Waals surface area contributed by atoms with E-state index in [1.54, 1.807) is 7.11 Å². The van der Waals surface area contributed by atoms with Gasteiger partial charge < -0.3 is 9.47 Å². The smallest absolute Gasteiger partial charge is 0.306 e. The normalized spacial score (nSPS) is 15.7. The number of esters is 1. The molecule has 0 fully saturated rings. The molecular formula is C23H26N2O4. The Morgan fingerprint density at radius 2 is 1.83 bits per heavy atom. The highest BCUT2D eigenvalue weighted by Crippen LogP contribution is 2.33. The Labute approximate surface area is 171 Å². The molecule has 0 spiro atoms. The van der Waals surface area contributed by atoms with Crippen LogP contribution in [0.2, 0.25) is 0 Å². The number of unbranched alkanes of at least 4 members (excludes halogenated alkanes) is 1. The van der Waals surface area contributed by atoms with Crippen LogP contribution in [-0.2, 0) is 14.3 Å². The summed E-state index contributed by atoms with van der Waals surface area (Å²) in [7, 11) is 1.61. The molecule has 0 saturated heterocycles. The number of benzene rings is 2. The van der Waals surface area contributed by atoms with E-state index in [-0.39, 0.29) is 24.5 Å². The van der Waals surface area contributed by atoms with Gasteiger partial charge in [-0.3, -0.25) is 9.59 Å². The van der Waals surface area contributed by atoms with E-state index in [2.05, 4.69) is 5.10 Å². The molecular weight excluding hydrogens is 368 g/mol. The topological polar surface area (TPSA) is 68.2 Å². The van der Waals surface area contributed by atoms with Crippen molar-refractivity contribution in [2.75, 3.05) is 13.7 Å². The van der Waals surface area contributed by atoms with Gasteiger partial charge in [0, 0.05) is 12.8 Å². The van der Waals surface area contributed by atoms with Gasteiger partial charge >= 0.3 is 5.97 Å². The van der Waals surface area contributed by atoms with E-state index in [1.165, 1.54) is 5.01 Å². The summed E-state index contributed by atoms with van der Waals surface area (Å²) in [5.74, 6) is 0.0629. The third kappa shape index (κ3) is 5.22. The van der Waals surface area contributed by atoms with Crippen molar-refractivity contribution in [1.82, 2.24) is 5.01 Å². The van der Waals surface area contributed by atoms with Crippen LogP contribution >= 0.6 is 0 Å². The van der Waals surface area contributed by atoms with Crippen molar-refractivity contribution in [2.45, 2.75) is 38.6 Å². The van der Waals surface area contributed by atoms with Crippen LogP contribution in [0.4, 0.5) is 0 Å². The van der Waals surface area contributed by atoms with Gasteiger partial charge in [-0.2, -0.15) is 5.10 Å². The van der Waals surface area contributed by atoms with Gasteiger partial charge in [-0.25, -0.2) is 5.01 Å². The molecule has 0 aliphatic carbocycles. The minimum atomic E-state index is -0.354. The maximum Gasteiger partial charge on any atom is 0.306 e. The Morgan fingerprint density at radius 3 is 2.48 bits per heavy atom. The minimum Gasteiger partial charge on any atom is -0.497 e. The second-order valence-corrected chi connectivity index (χ2v) is 6.91. The van der Waals surface area contributed by atoms with Gasteiger partial charge in [0.1, 0.15) is 5.75 Å². The molecule has 2 aromatic carbocycles. The lowest BCUT2D eigenvalue weighted by Gasteiger charge is -2.22. The van der Waals surface area contributed by atoms with E-state index in [1.807, 2.05) is 61.5 Å². The van der Waals surface area contributed by atoms with Crippen LogP contribution in [-0.4, -0.2) is 36.3 Å².